The number of rotatable bonds is 4. The van der Waals surface area contributed by atoms with Crippen molar-refractivity contribution in [2.75, 3.05) is 0 Å². The zero-order chi connectivity index (χ0) is 16.1. The van der Waals surface area contributed by atoms with Crippen LogP contribution in [0.5, 0.6) is 0 Å². The van der Waals surface area contributed by atoms with Crippen molar-refractivity contribution < 1.29 is 19.3 Å². The summed E-state index contributed by atoms with van der Waals surface area (Å²) in [4.78, 5) is 44.4. The van der Waals surface area contributed by atoms with Crippen LogP contribution in [0.3, 0.4) is 0 Å². The average molecular weight is 305 g/mol. The van der Waals surface area contributed by atoms with Crippen LogP contribution in [0.1, 0.15) is 19.3 Å². The molecule has 116 valence electrons. The Hall–Kier alpha value is -2.77. The molecule has 1 heterocycles. The second-order valence-electron chi connectivity index (χ2n) is 5.00. The number of piperidine rings is 1. The van der Waals surface area contributed by atoms with Gasteiger partial charge in [-0.15, -0.1) is 0 Å². The fraction of sp³-hybridized carbons (Fsp3) is 0.357. The third kappa shape index (κ3) is 4.11. The summed E-state index contributed by atoms with van der Waals surface area (Å²) in [6, 6.07) is -1.45. The van der Waals surface area contributed by atoms with Crippen LogP contribution in [0.15, 0.2) is 36.0 Å². The van der Waals surface area contributed by atoms with Gasteiger partial charge in [-0.05, 0) is 24.1 Å². The average Bonchev–Trinajstić information content (AvgIpc) is 2.48. The molecule has 2 N–H and O–H groups in total. The van der Waals surface area contributed by atoms with Crippen LogP contribution in [0.4, 0.5) is 0 Å². The lowest BCUT2D eigenvalue weighted by Gasteiger charge is -2.21. The fourth-order valence-electron chi connectivity index (χ4n) is 2.13. The number of carbonyl (C=O) groups excluding carboxylic acids is 3. The Kier molecular flexibility index (Phi) is 4.82. The molecule has 1 fully saturated rings. The number of carbonyl (C=O) groups is 3. The van der Waals surface area contributed by atoms with Gasteiger partial charge in [0.25, 0.3) is 0 Å². The van der Waals surface area contributed by atoms with Crippen LogP contribution < -0.4 is 10.6 Å². The molecule has 1 aliphatic heterocycles. The molecule has 8 nitrogen and oxygen atoms in total. The summed E-state index contributed by atoms with van der Waals surface area (Å²) in [5, 5.41) is 15.2. The molecule has 1 aliphatic carbocycles. The Morgan fingerprint density at radius 1 is 1.45 bits per heavy atom. The highest BCUT2D eigenvalue weighted by Crippen LogP contribution is 2.13. The van der Waals surface area contributed by atoms with Gasteiger partial charge in [0.2, 0.25) is 23.8 Å². The molecule has 8 heteroatoms. The molecule has 0 aromatic carbocycles. The van der Waals surface area contributed by atoms with E-state index in [9.17, 15) is 24.5 Å². The number of nitro groups is 1. The van der Waals surface area contributed by atoms with E-state index in [-0.39, 0.29) is 30.1 Å². The smallest absolute Gasteiger partial charge is 0.249 e. The van der Waals surface area contributed by atoms with E-state index in [0.29, 0.717) is 5.57 Å². The van der Waals surface area contributed by atoms with Crippen molar-refractivity contribution in [3.05, 3.63) is 46.1 Å². The number of hydrogen-bond acceptors (Lipinski definition) is 5. The van der Waals surface area contributed by atoms with E-state index in [1.54, 1.807) is 12.2 Å². The van der Waals surface area contributed by atoms with E-state index in [0.717, 1.165) is 0 Å². The van der Waals surface area contributed by atoms with Crippen LogP contribution in [0, 0.1) is 10.1 Å². The van der Waals surface area contributed by atoms with Crippen molar-refractivity contribution in [2.24, 2.45) is 0 Å². The first-order chi connectivity index (χ1) is 10.5. The molecular formula is C14H15N3O5. The molecule has 1 saturated heterocycles. The monoisotopic (exact) mass is 305 g/mol. The van der Waals surface area contributed by atoms with Crippen LogP contribution >= 0.6 is 0 Å². The number of imide groups is 1. The van der Waals surface area contributed by atoms with Crippen molar-refractivity contribution >= 4 is 17.7 Å². The van der Waals surface area contributed by atoms with Crippen molar-refractivity contribution in [3.63, 3.8) is 0 Å². The SMILES string of the molecule is O=C(/C=C/C1=CCC([N+](=O)[O-])C=C1)NC1CCC(=O)NC1=O. The van der Waals surface area contributed by atoms with Gasteiger partial charge in [-0.1, -0.05) is 12.2 Å². The van der Waals surface area contributed by atoms with Gasteiger partial charge in [-0.2, -0.15) is 0 Å². The Labute approximate surface area is 126 Å². The van der Waals surface area contributed by atoms with Gasteiger partial charge in [0.15, 0.2) is 0 Å². The van der Waals surface area contributed by atoms with Gasteiger partial charge in [0, 0.05) is 23.8 Å². The van der Waals surface area contributed by atoms with Gasteiger partial charge >= 0.3 is 0 Å². The number of nitrogens with zero attached hydrogens (tertiary/aromatic N) is 1. The van der Waals surface area contributed by atoms with E-state index in [4.69, 9.17) is 0 Å². The number of hydrogen-bond donors (Lipinski definition) is 2. The molecule has 0 bridgehead atoms. The van der Waals surface area contributed by atoms with Gasteiger partial charge in [0.05, 0.1) is 0 Å². The lowest BCUT2D eigenvalue weighted by Crippen LogP contribution is -2.52. The predicted molar refractivity (Wildman–Crippen MR) is 76.1 cm³/mol. The Bertz CT molecular complexity index is 606. The van der Waals surface area contributed by atoms with Gasteiger partial charge in [-0.3, -0.25) is 29.8 Å². The normalized spacial score (nSPS) is 24.8. The molecule has 2 atom stereocenters. The van der Waals surface area contributed by atoms with E-state index in [1.165, 1.54) is 18.2 Å². The molecular weight excluding hydrogens is 290 g/mol. The second-order valence-corrected chi connectivity index (χ2v) is 5.00. The van der Waals surface area contributed by atoms with Crippen LogP contribution in [-0.2, 0) is 14.4 Å². The van der Waals surface area contributed by atoms with Crippen molar-refractivity contribution in [1.82, 2.24) is 10.6 Å². The number of nitrogens with one attached hydrogen (secondary N) is 2. The summed E-state index contributed by atoms with van der Waals surface area (Å²) < 4.78 is 0. The molecule has 2 rings (SSSR count). The van der Waals surface area contributed by atoms with Crippen molar-refractivity contribution in [3.8, 4) is 0 Å². The van der Waals surface area contributed by atoms with Crippen LogP contribution in [0.25, 0.3) is 0 Å². The molecule has 2 unspecified atom stereocenters. The Morgan fingerprint density at radius 3 is 2.82 bits per heavy atom. The predicted octanol–water partition coefficient (Wildman–Crippen LogP) is -0.00440. The maximum Gasteiger partial charge on any atom is 0.249 e. The molecule has 3 amide bonds. The first-order valence-corrected chi connectivity index (χ1v) is 6.80. The summed E-state index contributed by atoms with van der Waals surface area (Å²) in [5.74, 6) is -1.31. The topological polar surface area (TPSA) is 118 Å². The molecule has 2 aliphatic rings. The van der Waals surface area contributed by atoms with E-state index >= 15 is 0 Å². The molecule has 22 heavy (non-hydrogen) atoms. The summed E-state index contributed by atoms with van der Waals surface area (Å²) >= 11 is 0. The minimum atomic E-state index is -0.727. The zero-order valence-electron chi connectivity index (χ0n) is 11.7. The fourth-order valence-corrected chi connectivity index (χ4v) is 2.13. The molecule has 0 radical (unpaired) electrons. The summed E-state index contributed by atoms with van der Waals surface area (Å²) in [6.45, 7) is 0. The quantitative estimate of drug-likeness (QED) is 0.328. The van der Waals surface area contributed by atoms with E-state index in [1.807, 2.05) is 0 Å². The van der Waals surface area contributed by atoms with Gasteiger partial charge in [-0.25, -0.2) is 0 Å². The van der Waals surface area contributed by atoms with Gasteiger partial charge in [0.1, 0.15) is 6.04 Å². The van der Waals surface area contributed by atoms with Gasteiger partial charge < -0.3 is 5.32 Å². The first kappa shape index (κ1) is 15.6. The van der Waals surface area contributed by atoms with Crippen LogP contribution in [-0.4, -0.2) is 34.7 Å². The summed E-state index contributed by atoms with van der Waals surface area (Å²) in [6.07, 6.45) is 8.24. The maximum atomic E-state index is 11.7. The summed E-state index contributed by atoms with van der Waals surface area (Å²) in [7, 11) is 0. The lowest BCUT2D eigenvalue weighted by atomic mass is 10.0. The number of amides is 3. The standard InChI is InChI=1S/C14H15N3O5/c18-12(15-11-6-8-13(19)16-14(11)20)7-3-9-1-4-10(5-2-9)17(21)22/h1-4,7,10-11H,5-6,8H2,(H,15,18)(H,16,19,20)/b7-3+. The summed E-state index contributed by atoms with van der Waals surface area (Å²) in [5.41, 5.74) is 0.691. The largest absolute Gasteiger partial charge is 0.341 e. The second kappa shape index (κ2) is 6.79. The van der Waals surface area contributed by atoms with E-state index < -0.39 is 23.9 Å². The molecule has 0 aromatic heterocycles. The number of allylic oxidation sites excluding steroid dienone is 3. The van der Waals surface area contributed by atoms with E-state index in [2.05, 4.69) is 10.6 Å². The highest BCUT2D eigenvalue weighted by molar-refractivity contribution is 6.02. The molecule has 0 saturated carbocycles. The molecule has 0 aromatic rings. The van der Waals surface area contributed by atoms with Crippen molar-refractivity contribution in [1.29, 1.82) is 0 Å². The zero-order valence-corrected chi connectivity index (χ0v) is 11.7. The Balaban J connectivity index is 1.85. The highest BCUT2D eigenvalue weighted by Gasteiger charge is 2.27. The van der Waals surface area contributed by atoms with Crippen LogP contribution in [0.2, 0.25) is 0 Å². The highest BCUT2D eigenvalue weighted by atomic mass is 16.6. The Morgan fingerprint density at radius 2 is 2.23 bits per heavy atom. The minimum absolute atomic E-state index is 0.191. The van der Waals surface area contributed by atoms with Crippen molar-refractivity contribution in [2.45, 2.75) is 31.3 Å². The first-order valence-electron chi connectivity index (χ1n) is 6.80. The maximum absolute atomic E-state index is 11.7. The third-order valence-electron chi connectivity index (χ3n) is 3.36. The lowest BCUT2D eigenvalue weighted by molar-refractivity contribution is -0.508. The minimum Gasteiger partial charge on any atom is -0.341 e. The third-order valence-corrected chi connectivity index (χ3v) is 3.36. The molecule has 0 spiro atoms.